The fourth-order valence-corrected chi connectivity index (χ4v) is 2.48. The molecule has 29 heteroatoms. The number of carbonyl (C=O) groups excluding carboxylic acids is 2. The maximum atomic E-state index is 13.6. The fraction of sp³-hybridized carbons (Fsp3) is 0.882. The van der Waals surface area contributed by atoms with Crippen molar-refractivity contribution in [3.05, 3.63) is 0 Å². The van der Waals surface area contributed by atoms with Crippen molar-refractivity contribution in [1.29, 1.82) is 0 Å². The molecule has 0 aromatic heterocycles. The van der Waals surface area contributed by atoms with Gasteiger partial charge in [0.15, 0.2) is 0 Å². The summed E-state index contributed by atoms with van der Waals surface area (Å²) in [5.74, 6) is -86.3. The van der Waals surface area contributed by atoms with Gasteiger partial charge in [0.25, 0.3) is 11.8 Å². The molecule has 0 aromatic rings. The predicted octanol–water partition coefficient (Wildman–Crippen LogP) is 5.46. The van der Waals surface area contributed by atoms with E-state index in [9.17, 15) is 120 Å². The van der Waals surface area contributed by atoms with Crippen LogP contribution in [0.4, 0.5) is 105 Å². The van der Waals surface area contributed by atoms with E-state index in [4.69, 9.17) is 0 Å². The van der Waals surface area contributed by atoms with Gasteiger partial charge in [0.1, 0.15) is 0 Å². The van der Waals surface area contributed by atoms with Gasteiger partial charge in [-0.15, -0.1) is 0 Å². The number of aliphatic hydroxyl groups excluding tert-OH is 1. The zero-order valence-electron chi connectivity index (χ0n) is 20.5. The van der Waals surface area contributed by atoms with Gasteiger partial charge in [-0.1, -0.05) is 0 Å². The minimum atomic E-state index is -8.22. The quantitative estimate of drug-likeness (QED) is 0.184. The first-order chi connectivity index (χ1) is 19.8. The largest absolute Gasteiger partial charge is 0.392 e. The molecular formula is C17H10F24N2O3. The summed E-state index contributed by atoms with van der Waals surface area (Å²) in [7, 11) is 0. The average molecular weight is 746 g/mol. The third-order valence-corrected chi connectivity index (χ3v) is 5.32. The van der Waals surface area contributed by atoms with Crippen LogP contribution < -0.4 is 10.6 Å². The number of carbonyl (C=O) groups is 2. The average Bonchev–Trinajstić information content (AvgIpc) is 2.88. The van der Waals surface area contributed by atoms with E-state index in [1.54, 1.807) is 0 Å². The molecule has 274 valence electrons. The van der Waals surface area contributed by atoms with Crippen molar-refractivity contribution in [2.75, 3.05) is 13.1 Å². The lowest BCUT2D eigenvalue weighted by atomic mass is 9.94. The molecule has 0 fully saturated rings. The molecule has 0 aliphatic rings. The summed E-state index contributed by atoms with van der Waals surface area (Å²) in [6, 6.07) is 0. The van der Waals surface area contributed by atoms with E-state index in [1.165, 1.54) is 0 Å². The molecule has 46 heavy (non-hydrogen) atoms. The second kappa shape index (κ2) is 12.3. The zero-order valence-corrected chi connectivity index (χ0v) is 20.5. The van der Waals surface area contributed by atoms with Crippen molar-refractivity contribution in [2.45, 2.75) is 78.2 Å². The second-order valence-corrected chi connectivity index (χ2v) is 8.52. The van der Waals surface area contributed by atoms with Crippen LogP contribution in [0.15, 0.2) is 0 Å². The van der Waals surface area contributed by atoms with Crippen molar-refractivity contribution in [1.82, 2.24) is 10.6 Å². The second-order valence-electron chi connectivity index (χ2n) is 8.52. The summed E-state index contributed by atoms with van der Waals surface area (Å²) in [5.41, 5.74) is 0. The highest BCUT2D eigenvalue weighted by atomic mass is 19.4. The van der Waals surface area contributed by atoms with Crippen molar-refractivity contribution < 1.29 is 120 Å². The normalized spacial score (nSPS) is 15.6. The summed E-state index contributed by atoms with van der Waals surface area (Å²) in [4.78, 5) is 22.4. The summed E-state index contributed by atoms with van der Waals surface area (Å²) in [5, 5.41) is 9.57. The molecule has 0 saturated carbocycles. The highest BCUT2D eigenvalue weighted by Gasteiger charge is 2.90. The van der Waals surface area contributed by atoms with Crippen LogP contribution in [0.2, 0.25) is 0 Å². The number of halogens is 24. The third-order valence-electron chi connectivity index (χ3n) is 5.32. The van der Waals surface area contributed by atoms with Crippen LogP contribution in [0.25, 0.3) is 0 Å². The Balaban J connectivity index is 5.86. The SMILES string of the molecule is O=C(NCC(O)CNC(=O)C(F)(F)C(F)(F)C(F)(F)C(F)(F)C(F)(F)C(F)F)C(F)(F)C(F)(F)C(F)(F)C(F)(F)C(F)(F)C(F)F. The number of aliphatic hydroxyl groups is 1. The number of hydrogen-bond donors (Lipinski definition) is 3. The Hall–Kier alpha value is -2.78. The van der Waals surface area contributed by atoms with Crippen molar-refractivity contribution >= 4 is 11.8 Å². The Labute approximate surface area is 235 Å². The van der Waals surface area contributed by atoms with Crippen LogP contribution in [0.5, 0.6) is 0 Å². The first kappa shape index (κ1) is 43.2. The molecule has 0 atom stereocenters. The van der Waals surface area contributed by atoms with Crippen LogP contribution in [0.3, 0.4) is 0 Å². The Bertz CT molecular complexity index is 1020. The van der Waals surface area contributed by atoms with Gasteiger partial charge in [-0.2, -0.15) is 87.8 Å². The van der Waals surface area contributed by atoms with Gasteiger partial charge in [0.05, 0.1) is 6.10 Å². The Kier molecular flexibility index (Phi) is 11.6. The standard InChI is InChI=1S/C17H10F24N2O3/c18-4(19)8(22,23)12(30,31)16(38,39)14(34,35)10(26,27)6(45)42-1-3(44)2-43-7(46)11(28,29)15(36,37)17(40,41)13(32,33)9(24,25)5(20)21/h3-5,44H,1-2H2,(H,42,45)(H,43,46). The smallest absolute Gasteiger partial charge is 0.389 e. The van der Waals surface area contributed by atoms with E-state index < -0.39 is 103 Å². The van der Waals surface area contributed by atoms with Crippen LogP contribution in [0.1, 0.15) is 0 Å². The summed E-state index contributed by atoms with van der Waals surface area (Å²) >= 11 is 0. The van der Waals surface area contributed by atoms with Crippen LogP contribution in [-0.4, -0.2) is 108 Å². The summed E-state index contributed by atoms with van der Waals surface area (Å²) in [6.45, 7) is -4.65. The summed E-state index contributed by atoms with van der Waals surface area (Å²) < 4.78 is 314. The topological polar surface area (TPSA) is 78.4 Å². The Morgan fingerprint density at radius 2 is 0.652 bits per heavy atom. The van der Waals surface area contributed by atoms with Crippen LogP contribution in [-0.2, 0) is 9.59 Å². The number of alkyl halides is 24. The molecular weight excluding hydrogens is 736 g/mol. The first-order valence-electron chi connectivity index (χ1n) is 10.4. The fourth-order valence-electron chi connectivity index (χ4n) is 2.48. The predicted molar refractivity (Wildman–Crippen MR) is 93.5 cm³/mol. The van der Waals surface area contributed by atoms with Gasteiger partial charge in [0.2, 0.25) is 0 Å². The van der Waals surface area contributed by atoms with E-state index in [0.717, 1.165) is 0 Å². The molecule has 0 aliphatic carbocycles. The lowest BCUT2D eigenvalue weighted by Crippen LogP contribution is -2.71. The highest BCUT2D eigenvalue weighted by molar-refractivity contribution is 5.85. The maximum absolute atomic E-state index is 13.6. The molecule has 0 saturated heterocycles. The van der Waals surface area contributed by atoms with Crippen LogP contribution >= 0.6 is 0 Å². The van der Waals surface area contributed by atoms with Gasteiger partial charge in [-0.25, -0.2) is 17.6 Å². The molecule has 5 nitrogen and oxygen atoms in total. The molecule has 0 radical (unpaired) electrons. The van der Waals surface area contributed by atoms with Gasteiger partial charge in [-0.05, 0) is 0 Å². The van der Waals surface area contributed by atoms with Crippen molar-refractivity contribution in [3.8, 4) is 0 Å². The molecule has 3 N–H and O–H groups in total. The first-order valence-corrected chi connectivity index (χ1v) is 10.4. The van der Waals surface area contributed by atoms with E-state index in [0.29, 0.717) is 0 Å². The molecule has 0 bridgehead atoms. The third kappa shape index (κ3) is 6.26. The number of nitrogens with one attached hydrogen (secondary N) is 2. The molecule has 0 heterocycles. The Morgan fingerprint density at radius 3 is 0.848 bits per heavy atom. The maximum Gasteiger partial charge on any atom is 0.392 e. The van der Waals surface area contributed by atoms with Crippen molar-refractivity contribution in [2.24, 2.45) is 0 Å². The molecule has 0 rings (SSSR count). The number of amides is 2. The van der Waals surface area contributed by atoms with Gasteiger partial charge < -0.3 is 15.7 Å². The molecule has 0 aliphatic heterocycles. The zero-order chi connectivity index (χ0) is 37.7. The molecule has 0 spiro atoms. The van der Waals surface area contributed by atoms with Gasteiger partial charge in [-0.3, -0.25) is 9.59 Å². The van der Waals surface area contributed by atoms with Gasteiger partial charge >= 0.3 is 72.1 Å². The van der Waals surface area contributed by atoms with Crippen molar-refractivity contribution in [3.63, 3.8) is 0 Å². The van der Waals surface area contributed by atoms with Crippen LogP contribution in [0, 0.1) is 0 Å². The minimum Gasteiger partial charge on any atom is -0.389 e. The number of rotatable bonds is 16. The molecule has 0 unspecified atom stereocenters. The highest BCUT2D eigenvalue weighted by Crippen LogP contribution is 2.59. The molecule has 0 aromatic carbocycles. The van der Waals surface area contributed by atoms with E-state index in [-0.39, 0.29) is 10.6 Å². The lowest BCUT2D eigenvalue weighted by Gasteiger charge is -2.38. The lowest BCUT2D eigenvalue weighted by molar-refractivity contribution is -0.407. The van der Waals surface area contributed by atoms with E-state index >= 15 is 0 Å². The Morgan fingerprint density at radius 1 is 0.435 bits per heavy atom. The molecule has 2 amide bonds. The minimum absolute atomic E-state index is 0.185. The van der Waals surface area contributed by atoms with E-state index in [1.807, 2.05) is 0 Å². The van der Waals surface area contributed by atoms with Gasteiger partial charge in [0, 0.05) is 13.1 Å². The van der Waals surface area contributed by atoms with E-state index in [2.05, 4.69) is 0 Å². The summed E-state index contributed by atoms with van der Waals surface area (Å²) in [6.07, 6.45) is -15.0. The number of hydrogen-bond acceptors (Lipinski definition) is 3. The monoisotopic (exact) mass is 746 g/mol.